The molecular weight excluding hydrogens is 269 g/mol. The summed E-state index contributed by atoms with van der Waals surface area (Å²) in [6, 6.07) is 14.6. The molecule has 0 fully saturated rings. The molecule has 5 heteroatoms. The summed E-state index contributed by atoms with van der Waals surface area (Å²) >= 11 is 0. The van der Waals surface area contributed by atoms with Crippen LogP contribution in [0.3, 0.4) is 0 Å². The fourth-order valence-electron chi connectivity index (χ4n) is 1.95. The van der Waals surface area contributed by atoms with Gasteiger partial charge in [-0.1, -0.05) is 0 Å². The van der Waals surface area contributed by atoms with Gasteiger partial charge in [-0.15, -0.1) is 0 Å². The summed E-state index contributed by atoms with van der Waals surface area (Å²) in [5.74, 6) is -0.305. The van der Waals surface area contributed by atoms with Gasteiger partial charge >= 0.3 is 0 Å². The lowest BCUT2D eigenvalue weighted by Gasteiger charge is -2.07. The Labute approximate surface area is 120 Å². The van der Waals surface area contributed by atoms with E-state index in [0.29, 0.717) is 11.2 Å². The second-order valence-corrected chi connectivity index (χ2v) is 4.46. The molecule has 0 aliphatic rings. The van der Waals surface area contributed by atoms with Crippen molar-refractivity contribution in [3.63, 3.8) is 0 Å². The van der Waals surface area contributed by atoms with Crippen molar-refractivity contribution in [2.24, 2.45) is 0 Å². The Morgan fingerprint density at radius 1 is 1.10 bits per heavy atom. The van der Waals surface area contributed by atoms with Crippen molar-refractivity contribution in [2.45, 2.75) is 0 Å². The highest BCUT2D eigenvalue weighted by molar-refractivity contribution is 5.82. The van der Waals surface area contributed by atoms with Gasteiger partial charge in [0.05, 0.1) is 17.1 Å². The van der Waals surface area contributed by atoms with Gasteiger partial charge in [0.1, 0.15) is 0 Å². The number of ether oxygens (including phenoxy) is 1. The summed E-state index contributed by atoms with van der Waals surface area (Å²) < 4.78 is 19.2. The molecule has 0 atom stereocenters. The van der Waals surface area contributed by atoms with Gasteiger partial charge in [0.15, 0.2) is 11.6 Å². The predicted octanol–water partition coefficient (Wildman–Crippen LogP) is 3.62. The first-order chi connectivity index (χ1) is 10.2. The molecular formula is C16H10FN3O. The van der Waals surface area contributed by atoms with Crippen LogP contribution in [0.15, 0.2) is 48.5 Å². The number of hydrogen-bond donors (Lipinski definition) is 1. The molecule has 0 saturated carbocycles. The first-order valence-electron chi connectivity index (χ1n) is 6.19. The first-order valence-corrected chi connectivity index (χ1v) is 6.19. The van der Waals surface area contributed by atoms with Crippen molar-refractivity contribution in [3.05, 3.63) is 59.9 Å². The van der Waals surface area contributed by atoms with Gasteiger partial charge in [-0.3, -0.25) is 0 Å². The number of rotatable bonds is 2. The summed E-state index contributed by atoms with van der Waals surface area (Å²) in [6.07, 6.45) is 0. The smallest absolute Gasteiger partial charge is 0.219 e. The zero-order valence-corrected chi connectivity index (χ0v) is 10.9. The monoisotopic (exact) mass is 279 g/mol. The highest BCUT2D eigenvalue weighted by Gasteiger charge is 2.07. The van der Waals surface area contributed by atoms with Crippen LogP contribution in [-0.4, -0.2) is 4.98 Å². The number of fused-ring (bicyclic) bond motifs is 1. The Kier molecular flexibility index (Phi) is 3.13. The van der Waals surface area contributed by atoms with E-state index >= 15 is 0 Å². The third-order valence-electron chi connectivity index (χ3n) is 2.96. The number of aromatic nitrogens is 1. The molecule has 0 saturated heterocycles. The Morgan fingerprint density at radius 3 is 2.71 bits per heavy atom. The highest BCUT2D eigenvalue weighted by atomic mass is 19.1. The molecule has 0 amide bonds. The van der Waals surface area contributed by atoms with Crippen LogP contribution < -0.4 is 10.5 Å². The zero-order chi connectivity index (χ0) is 14.8. The van der Waals surface area contributed by atoms with Gasteiger partial charge in [-0.25, -0.2) is 9.37 Å². The Hall–Kier alpha value is -3.13. The van der Waals surface area contributed by atoms with Gasteiger partial charge in [0.25, 0.3) is 0 Å². The highest BCUT2D eigenvalue weighted by Crippen LogP contribution is 2.26. The molecule has 0 spiro atoms. The molecule has 0 radical (unpaired) electrons. The van der Waals surface area contributed by atoms with Crippen LogP contribution in [0.2, 0.25) is 0 Å². The molecule has 0 aliphatic heterocycles. The lowest BCUT2D eigenvalue weighted by molar-refractivity contribution is 0.429. The van der Waals surface area contributed by atoms with E-state index in [-0.39, 0.29) is 17.2 Å². The molecule has 2 aromatic carbocycles. The van der Waals surface area contributed by atoms with Crippen LogP contribution in [0.4, 0.5) is 10.1 Å². The summed E-state index contributed by atoms with van der Waals surface area (Å²) in [5.41, 5.74) is 7.29. The molecule has 0 aliphatic carbocycles. The number of nitrogen functional groups attached to an aromatic ring is 1. The van der Waals surface area contributed by atoms with E-state index in [1.165, 1.54) is 12.1 Å². The number of nitrogens with two attached hydrogens (primary N) is 1. The standard InChI is InChI=1S/C16H10FN3O/c17-13-7-10(9-18)1-5-15(13)21-16-6-2-11-8-12(19)3-4-14(11)20-16/h1-8H,19H2. The molecule has 21 heavy (non-hydrogen) atoms. The van der Waals surface area contributed by atoms with Gasteiger partial charge in [0, 0.05) is 17.1 Å². The van der Waals surface area contributed by atoms with Crippen molar-refractivity contribution < 1.29 is 9.13 Å². The van der Waals surface area contributed by atoms with E-state index in [4.69, 9.17) is 15.7 Å². The van der Waals surface area contributed by atoms with Crippen LogP contribution >= 0.6 is 0 Å². The lowest BCUT2D eigenvalue weighted by atomic mass is 10.2. The third kappa shape index (κ3) is 2.60. The number of halogens is 1. The number of nitrogens with zero attached hydrogens (tertiary/aromatic N) is 2. The van der Waals surface area contributed by atoms with E-state index in [1.807, 2.05) is 6.07 Å². The molecule has 0 unspecified atom stereocenters. The minimum Gasteiger partial charge on any atom is -0.436 e. The van der Waals surface area contributed by atoms with E-state index in [9.17, 15) is 4.39 Å². The number of anilines is 1. The Balaban J connectivity index is 1.95. The molecule has 4 nitrogen and oxygen atoms in total. The summed E-state index contributed by atoms with van der Waals surface area (Å²) in [5, 5.41) is 9.58. The largest absolute Gasteiger partial charge is 0.436 e. The van der Waals surface area contributed by atoms with Gasteiger partial charge in [-0.05, 0) is 42.5 Å². The third-order valence-corrected chi connectivity index (χ3v) is 2.96. The molecule has 1 aromatic heterocycles. The Morgan fingerprint density at radius 2 is 1.95 bits per heavy atom. The quantitative estimate of drug-likeness (QED) is 0.727. The maximum atomic E-state index is 13.8. The van der Waals surface area contributed by atoms with Crippen molar-refractivity contribution >= 4 is 16.6 Å². The molecule has 1 heterocycles. The molecule has 3 rings (SSSR count). The fourth-order valence-corrected chi connectivity index (χ4v) is 1.95. The number of hydrogen-bond acceptors (Lipinski definition) is 4. The van der Waals surface area contributed by atoms with Crippen LogP contribution in [0.1, 0.15) is 5.56 Å². The lowest BCUT2D eigenvalue weighted by Crippen LogP contribution is -1.92. The van der Waals surface area contributed by atoms with Crippen LogP contribution in [-0.2, 0) is 0 Å². The Bertz CT molecular complexity index is 871. The summed E-state index contributed by atoms with van der Waals surface area (Å²) in [7, 11) is 0. The van der Waals surface area contributed by atoms with Gasteiger partial charge in [-0.2, -0.15) is 5.26 Å². The number of benzene rings is 2. The van der Waals surface area contributed by atoms with Crippen molar-refractivity contribution in [3.8, 4) is 17.7 Å². The fraction of sp³-hybridized carbons (Fsp3) is 0. The van der Waals surface area contributed by atoms with Crippen LogP contribution in [0.25, 0.3) is 10.9 Å². The van der Waals surface area contributed by atoms with Crippen molar-refractivity contribution in [2.75, 3.05) is 5.73 Å². The van der Waals surface area contributed by atoms with E-state index < -0.39 is 5.82 Å². The van der Waals surface area contributed by atoms with Crippen LogP contribution in [0.5, 0.6) is 11.6 Å². The predicted molar refractivity (Wildman–Crippen MR) is 77.3 cm³/mol. The molecule has 0 bridgehead atoms. The molecule has 3 aromatic rings. The average Bonchev–Trinajstić information content (AvgIpc) is 2.49. The second-order valence-electron chi connectivity index (χ2n) is 4.46. The number of pyridine rings is 1. The van der Waals surface area contributed by atoms with Gasteiger partial charge in [0.2, 0.25) is 5.88 Å². The number of nitriles is 1. The normalized spacial score (nSPS) is 10.3. The van der Waals surface area contributed by atoms with E-state index in [1.54, 1.807) is 30.3 Å². The van der Waals surface area contributed by atoms with Crippen LogP contribution in [0, 0.1) is 17.1 Å². The minimum atomic E-state index is -0.603. The topological polar surface area (TPSA) is 71.9 Å². The maximum Gasteiger partial charge on any atom is 0.219 e. The maximum absolute atomic E-state index is 13.8. The van der Waals surface area contributed by atoms with Crippen molar-refractivity contribution in [1.29, 1.82) is 5.26 Å². The summed E-state index contributed by atoms with van der Waals surface area (Å²) in [4.78, 5) is 4.29. The van der Waals surface area contributed by atoms with Gasteiger partial charge < -0.3 is 10.5 Å². The molecule has 2 N–H and O–H groups in total. The van der Waals surface area contributed by atoms with E-state index in [0.717, 1.165) is 11.5 Å². The van der Waals surface area contributed by atoms with E-state index in [2.05, 4.69) is 4.98 Å². The first kappa shape index (κ1) is 12.9. The SMILES string of the molecule is N#Cc1ccc(Oc2ccc3cc(N)ccc3n2)c(F)c1. The minimum absolute atomic E-state index is 0.0243. The summed E-state index contributed by atoms with van der Waals surface area (Å²) in [6.45, 7) is 0. The average molecular weight is 279 g/mol. The molecule has 102 valence electrons. The second kappa shape index (κ2) is 5.10. The zero-order valence-electron chi connectivity index (χ0n) is 10.9. The van der Waals surface area contributed by atoms with Crippen molar-refractivity contribution in [1.82, 2.24) is 4.98 Å².